The van der Waals surface area contributed by atoms with Gasteiger partial charge < -0.3 is 24.6 Å². The molecule has 5 heteroatoms. The van der Waals surface area contributed by atoms with Crippen LogP contribution in [0, 0.1) is 0 Å². The molecule has 2 N–H and O–H groups in total. The van der Waals surface area contributed by atoms with Gasteiger partial charge in [0.05, 0.1) is 26.9 Å². The fourth-order valence-corrected chi connectivity index (χ4v) is 2.69. The van der Waals surface area contributed by atoms with Gasteiger partial charge in [-0.2, -0.15) is 0 Å². The van der Waals surface area contributed by atoms with E-state index in [1.165, 1.54) is 0 Å². The number of hydrogen-bond acceptors (Lipinski definition) is 5. The lowest BCUT2D eigenvalue weighted by Crippen LogP contribution is -2.30. The minimum absolute atomic E-state index is 0.0612. The summed E-state index contributed by atoms with van der Waals surface area (Å²) in [6, 6.07) is 15.6. The Bertz CT molecular complexity index is 598. The van der Waals surface area contributed by atoms with E-state index in [0.29, 0.717) is 6.54 Å². The number of methoxy groups -OCH3 is 3. The Morgan fingerprint density at radius 2 is 1.33 bits per heavy atom. The first-order valence-electron chi connectivity index (χ1n) is 7.88. The second-order valence-corrected chi connectivity index (χ2v) is 5.36. The van der Waals surface area contributed by atoms with Crippen LogP contribution in [0.3, 0.4) is 0 Å². The molecule has 5 nitrogen and oxygen atoms in total. The number of rotatable bonds is 9. The molecular formula is C19H25NO4. The first kappa shape index (κ1) is 18.3. The number of ether oxygens (including phenoxy) is 3. The maximum Gasteiger partial charge on any atom is 0.118 e. The predicted octanol–water partition coefficient (Wildman–Crippen LogP) is 2.71. The zero-order valence-corrected chi connectivity index (χ0v) is 14.4. The predicted molar refractivity (Wildman–Crippen MR) is 93.6 cm³/mol. The van der Waals surface area contributed by atoms with Gasteiger partial charge in [-0.05, 0) is 35.4 Å². The van der Waals surface area contributed by atoms with Gasteiger partial charge in [-0.25, -0.2) is 0 Å². The molecule has 0 radical (unpaired) electrons. The highest BCUT2D eigenvalue weighted by atomic mass is 16.5. The average molecular weight is 331 g/mol. The van der Waals surface area contributed by atoms with Gasteiger partial charge in [0, 0.05) is 13.7 Å². The van der Waals surface area contributed by atoms with Crippen molar-refractivity contribution < 1.29 is 19.3 Å². The van der Waals surface area contributed by atoms with Crippen LogP contribution in [0.15, 0.2) is 48.5 Å². The van der Waals surface area contributed by atoms with Gasteiger partial charge in [0.25, 0.3) is 0 Å². The van der Waals surface area contributed by atoms with Crippen molar-refractivity contribution in [2.45, 2.75) is 12.1 Å². The van der Waals surface area contributed by atoms with Gasteiger partial charge >= 0.3 is 0 Å². The summed E-state index contributed by atoms with van der Waals surface area (Å²) in [5.41, 5.74) is 2.09. The van der Waals surface area contributed by atoms with Crippen molar-refractivity contribution in [3.05, 3.63) is 59.7 Å². The molecule has 0 aliphatic carbocycles. The van der Waals surface area contributed by atoms with E-state index < -0.39 is 0 Å². The smallest absolute Gasteiger partial charge is 0.118 e. The van der Waals surface area contributed by atoms with Crippen molar-refractivity contribution >= 4 is 0 Å². The molecule has 0 aliphatic heterocycles. The first-order chi connectivity index (χ1) is 11.7. The van der Waals surface area contributed by atoms with Crippen molar-refractivity contribution in [2.24, 2.45) is 0 Å². The van der Waals surface area contributed by atoms with Gasteiger partial charge in [0.1, 0.15) is 17.6 Å². The van der Waals surface area contributed by atoms with Crippen LogP contribution in [0.2, 0.25) is 0 Å². The van der Waals surface area contributed by atoms with Gasteiger partial charge in [-0.3, -0.25) is 0 Å². The van der Waals surface area contributed by atoms with E-state index in [1.807, 2.05) is 48.5 Å². The van der Waals surface area contributed by atoms with Crippen LogP contribution in [0.25, 0.3) is 0 Å². The summed E-state index contributed by atoms with van der Waals surface area (Å²) in [7, 11) is 4.98. The molecule has 0 aromatic heterocycles. The molecule has 0 aliphatic rings. The van der Waals surface area contributed by atoms with Crippen LogP contribution < -0.4 is 14.8 Å². The van der Waals surface area contributed by atoms with Crippen LogP contribution in [-0.4, -0.2) is 39.6 Å². The molecule has 0 amide bonds. The summed E-state index contributed by atoms with van der Waals surface area (Å²) in [5.74, 6) is 1.61. The Kier molecular flexibility index (Phi) is 7.06. The number of hydrogen-bond donors (Lipinski definition) is 2. The molecule has 0 fully saturated rings. The van der Waals surface area contributed by atoms with E-state index in [2.05, 4.69) is 5.32 Å². The molecule has 0 bridgehead atoms. The van der Waals surface area contributed by atoms with Crippen LogP contribution >= 0.6 is 0 Å². The Balaban J connectivity index is 2.30. The van der Waals surface area contributed by atoms with E-state index in [-0.39, 0.29) is 18.8 Å². The summed E-state index contributed by atoms with van der Waals surface area (Å²) >= 11 is 0. The highest BCUT2D eigenvalue weighted by Crippen LogP contribution is 2.33. The van der Waals surface area contributed by atoms with Crippen LogP contribution in [0.4, 0.5) is 0 Å². The molecule has 2 aromatic carbocycles. The summed E-state index contributed by atoms with van der Waals surface area (Å²) in [6.07, 6.45) is -0.198. The van der Waals surface area contributed by atoms with E-state index >= 15 is 0 Å². The Labute approximate surface area is 143 Å². The molecule has 24 heavy (non-hydrogen) atoms. The lowest BCUT2D eigenvalue weighted by molar-refractivity contribution is 0.0657. The number of aliphatic hydroxyl groups is 1. The largest absolute Gasteiger partial charge is 0.497 e. The Morgan fingerprint density at radius 1 is 0.833 bits per heavy atom. The summed E-state index contributed by atoms with van der Waals surface area (Å²) in [6.45, 7) is 0.540. The summed E-state index contributed by atoms with van der Waals surface area (Å²) in [5, 5.41) is 12.6. The normalized spacial score (nSPS) is 13.3. The molecule has 0 heterocycles. The highest BCUT2D eigenvalue weighted by molar-refractivity contribution is 5.34. The van der Waals surface area contributed by atoms with Gasteiger partial charge in [0.2, 0.25) is 0 Å². The quantitative estimate of drug-likeness (QED) is 0.740. The second kappa shape index (κ2) is 9.27. The fourth-order valence-electron chi connectivity index (χ4n) is 2.69. The van der Waals surface area contributed by atoms with Crippen molar-refractivity contribution in [3.8, 4) is 11.5 Å². The van der Waals surface area contributed by atoms with Crippen LogP contribution in [0.1, 0.15) is 23.3 Å². The van der Waals surface area contributed by atoms with E-state index in [0.717, 1.165) is 22.6 Å². The zero-order chi connectivity index (χ0) is 17.4. The first-order valence-corrected chi connectivity index (χ1v) is 7.88. The van der Waals surface area contributed by atoms with Crippen LogP contribution in [-0.2, 0) is 4.74 Å². The Hall–Kier alpha value is -2.08. The molecule has 0 saturated carbocycles. The summed E-state index contributed by atoms with van der Waals surface area (Å²) < 4.78 is 16.2. The molecule has 0 saturated heterocycles. The van der Waals surface area contributed by atoms with Crippen LogP contribution in [0.5, 0.6) is 11.5 Å². The topological polar surface area (TPSA) is 60.0 Å². The number of benzene rings is 2. The van der Waals surface area contributed by atoms with Crippen molar-refractivity contribution in [3.63, 3.8) is 0 Å². The molecule has 0 unspecified atom stereocenters. The lowest BCUT2D eigenvalue weighted by Gasteiger charge is -2.28. The van der Waals surface area contributed by atoms with E-state index in [1.54, 1.807) is 21.3 Å². The summed E-state index contributed by atoms with van der Waals surface area (Å²) in [4.78, 5) is 0. The minimum atomic E-state index is -0.198. The monoisotopic (exact) mass is 331 g/mol. The van der Waals surface area contributed by atoms with E-state index in [9.17, 15) is 5.11 Å². The maximum absolute atomic E-state index is 9.20. The maximum atomic E-state index is 9.20. The third-order valence-electron chi connectivity index (χ3n) is 3.95. The molecule has 2 aromatic rings. The molecule has 0 spiro atoms. The zero-order valence-electron chi connectivity index (χ0n) is 14.4. The third-order valence-corrected chi connectivity index (χ3v) is 3.95. The second-order valence-electron chi connectivity index (χ2n) is 5.36. The van der Waals surface area contributed by atoms with E-state index in [4.69, 9.17) is 14.2 Å². The van der Waals surface area contributed by atoms with Crippen molar-refractivity contribution in [1.82, 2.24) is 5.32 Å². The molecular weight excluding hydrogens is 306 g/mol. The van der Waals surface area contributed by atoms with Gasteiger partial charge in [-0.15, -0.1) is 0 Å². The molecule has 2 rings (SSSR count). The average Bonchev–Trinajstić information content (AvgIpc) is 2.65. The third kappa shape index (κ3) is 4.47. The Morgan fingerprint density at radius 3 is 1.75 bits per heavy atom. The standard InChI is InChI=1S/C19H25NO4/c1-22-16-8-4-14(5-9-16)18(20-12-13-21)19(24-3)15-6-10-17(23-2)11-7-15/h4-11,18-21H,12-13H2,1-3H3/t18-,19-/m1/s1. The van der Waals surface area contributed by atoms with Crippen molar-refractivity contribution in [1.29, 1.82) is 0 Å². The van der Waals surface area contributed by atoms with Gasteiger partial charge in [-0.1, -0.05) is 24.3 Å². The molecule has 130 valence electrons. The van der Waals surface area contributed by atoms with Gasteiger partial charge in [0.15, 0.2) is 0 Å². The SMILES string of the molecule is COc1ccc([C@@H](NCCO)[C@H](OC)c2ccc(OC)cc2)cc1. The molecule has 2 atom stereocenters. The number of nitrogens with one attached hydrogen (secondary N) is 1. The fraction of sp³-hybridized carbons (Fsp3) is 0.368. The van der Waals surface area contributed by atoms with Crippen molar-refractivity contribution in [2.75, 3.05) is 34.5 Å². The number of aliphatic hydroxyl groups excluding tert-OH is 1. The minimum Gasteiger partial charge on any atom is -0.497 e. The lowest BCUT2D eigenvalue weighted by atomic mass is 9.95. The highest BCUT2D eigenvalue weighted by Gasteiger charge is 2.24.